The Labute approximate surface area is 154 Å². The zero-order chi connectivity index (χ0) is 18.4. The summed E-state index contributed by atoms with van der Waals surface area (Å²) in [7, 11) is 0. The minimum Gasteiger partial charge on any atom is -0.334 e. The second kappa shape index (κ2) is 8.26. The van der Waals surface area contributed by atoms with Gasteiger partial charge >= 0.3 is 0 Å². The summed E-state index contributed by atoms with van der Waals surface area (Å²) < 4.78 is 1.27. The summed E-state index contributed by atoms with van der Waals surface area (Å²) in [4.78, 5) is 16.1. The Morgan fingerprint density at radius 3 is 2.62 bits per heavy atom. The number of carbonyl (C=O) groups is 1. The van der Waals surface area contributed by atoms with Crippen molar-refractivity contribution in [3.8, 4) is 0 Å². The van der Waals surface area contributed by atoms with Gasteiger partial charge in [-0.25, -0.2) is 10.1 Å². The summed E-state index contributed by atoms with van der Waals surface area (Å²) in [6.07, 6.45) is 3.39. The van der Waals surface area contributed by atoms with Gasteiger partial charge in [-0.3, -0.25) is 9.78 Å². The summed E-state index contributed by atoms with van der Waals surface area (Å²) >= 11 is 1.22. The molecule has 26 heavy (non-hydrogen) atoms. The third kappa shape index (κ3) is 4.25. The summed E-state index contributed by atoms with van der Waals surface area (Å²) in [5.74, 6) is 6.48. The molecule has 0 saturated carbocycles. The topological polar surface area (TPSA) is 111 Å². The molecule has 0 spiro atoms. The number of anilines is 1. The molecule has 0 aliphatic carbocycles. The minimum absolute atomic E-state index is 0.000313. The fourth-order valence-electron chi connectivity index (χ4n) is 2.08. The number of nitrogens with zero attached hydrogens (tertiary/aromatic N) is 5. The number of hydrogen-bond donors (Lipinski definition) is 2. The highest BCUT2D eigenvalue weighted by atomic mass is 32.2. The van der Waals surface area contributed by atoms with E-state index >= 15 is 0 Å². The highest BCUT2D eigenvalue weighted by Gasteiger charge is 2.13. The molecule has 0 saturated heterocycles. The van der Waals surface area contributed by atoms with E-state index in [9.17, 15) is 4.79 Å². The van der Waals surface area contributed by atoms with Crippen LogP contribution in [0.15, 0.2) is 65.1 Å². The summed E-state index contributed by atoms with van der Waals surface area (Å²) in [5, 5.41) is 12.6. The first-order chi connectivity index (χ1) is 12.6. The maximum Gasteiger partial charge on any atom is 0.264 e. The number of ketones is 1. The van der Waals surface area contributed by atoms with Gasteiger partial charge in [-0.2, -0.15) is 5.10 Å². The SMILES string of the molecule is C/C(=N\Nc1nnc(SCC(=O)c2ccccc2)n1N)c1ccncc1. The number of nitrogens with one attached hydrogen (secondary N) is 1. The monoisotopic (exact) mass is 367 g/mol. The number of nitrogen functional groups attached to an aromatic ring is 1. The Morgan fingerprint density at radius 1 is 1.15 bits per heavy atom. The number of thioether (sulfide) groups is 1. The fraction of sp³-hybridized carbons (Fsp3) is 0.118. The van der Waals surface area contributed by atoms with Gasteiger partial charge in [0, 0.05) is 23.5 Å². The lowest BCUT2D eigenvalue weighted by molar-refractivity contribution is 0.102. The lowest BCUT2D eigenvalue weighted by Gasteiger charge is -2.04. The molecular weight excluding hydrogens is 350 g/mol. The first kappa shape index (κ1) is 17.6. The number of carbonyl (C=O) groups excluding carboxylic acids is 1. The van der Waals surface area contributed by atoms with Crippen LogP contribution in [0.3, 0.4) is 0 Å². The second-order valence-electron chi connectivity index (χ2n) is 5.30. The maximum absolute atomic E-state index is 12.1. The average molecular weight is 367 g/mol. The van der Waals surface area contributed by atoms with Gasteiger partial charge in [0.05, 0.1) is 11.5 Å². The molecular formula is C17H17N7OS. The minimum atomic E-state index is -0.000313. The van der Waals surface area contributed by atoms with Crippen molar-refractivity contribution in [2.75, 3.05) is 17.0 Å². The Hall–Kier alpha value is -3.20. The number of nitrogens with two attached hydrogens (primary N) is 1. The maximum atomic E-state index is 12.1. The van der Waals surface area contributed by atoms with E-state index in [1.807, 2.05) is 37.3 Å². The predicted molar refractivity (Wildman–Crippen MR) is 102 cm³/mol. The van der Waals surface area contributed by atoms with Crippen molar-refractivity contribution in [2.24, 2.45) is 5.10 Å². The summed E-state index contributed by atoms with van der Waals surface area (Å²) in [6.45, 7) is 1.85. The molecule has 2 aromatic heterocycles. The van der Waals surface area contributed by atoms with Crippen LogP contribution in [-0.4, -0.2) is 37.1 Å². The number of rotatable bonds is 7. The molecule has 0 radical (unpaired) electrons. The number of hydrogen-bond acceptors (Lipinski definition) is 8. The third-order valence-electron chi connectivity index (χ3n) is 3.51. The largest absolute Gasteiger partial charge is 0.334 e. The average Bonchev–Trinajstić information content (AvgIpc) is 3.05. The Morgan fingerprint density at radius 2 is 1.88 bits per heavy atom. The van der Waals surface area contributed by atoms with Crippen molar-refractivity contribution in [1.29, 1.82) is 0 Å². The van der Waals surface area contributed by atoms with Crippen LogP contribution in [-0.2, 0) is 0 Å². The quantitative estimate of drug-likeness (QED) is 0.216. The molecule has 0 bridgehead atoms. The fourth-order valence-corrected chi connectivity index (χ4v) is 2.83. The molecule has 3 N–H and O–H groups in total. The number of benzene rings is 1. The molecule has 132 valence electrons. The van der Waals surface area contributed by atoms with Gasteiger partial charge in [0.2, 0.25) is 5.16 Å². The number of hydrazone groups is 1. The molecule has 0 unspecified atom stereocenters. The molecule has 0 fully saturated rings. The first-order valence-electron chi connectivity index (χ1n) is 7.77. The molecule has 3 rings (SSSR count). The lowest BCUT2D eigenvalue weighted by atomic mass is 10.2. The summed E-state index contributed by atoms with van der Waals surface area (Å²) in [5.41, 5.74) is 5.12. The van der Waals surface area contributed by atoms with Crippen molar-refractivity contribution in [2.45, 2.75) is 12.1 Å². The third-order valence-corrected chi connectivity index (χ3v) is 4.46. The van der Waals surface area contributed by atoms with E-state index in [4.69, 9.17) is 5.84 Å². The molecule has 2 heterocycles. The highest BCUT2D eigenvalue weighted by molar-refractivity contribution is 7.99. The van der Waals surface area contributed by atoms with Crippen molar-refractivity contribution >= 4 is 29.2 Å². The van der Waals surface area contributed by atoms with Gasteiger partial charge < -0.3 is 5.84 Å². The molecule has 0 aliphatic heterocycles. The molecule has 9 heteroatoms. The van der Waals surface area contributed by atoms with Crippen LogP contribution in [0.2, 0.25) is 0 Å². The van der Waals surface area contributed by atoms with Gasteiger partial charge in [0.1, 0.15) is 0 Å². The van der Waals surface area contributed by atoms with Crippen LogP contribution < -0.4 is 11.3 Å². The van der Waals surface area contributed by atoms with E-state index in [2.05, 4.69) is 25.7 Å². The van der Waals surface area contributed by atoms with Crippen molar-refractivity contribution in [1.82, 2.24) is 19.9 Å². The molecule has 8 nitrogen and oxygen atoms in total. The van der Waals surface area contributed by atoms with Crippen LogP contribution >= 0.6 is 11.8 Å². The van der Waals surface area contributed by atoms with E-state index in [1.54, 1.807) is 24.5 Å². The number of pyridine rings is 1. The molecule has 1 aromatic carbocycles. The normalized spacial score (nSPS) is 11.3. The molecule has 0 atom stereocenters. The van der Waals surface area contributed by atoms with Crippen LogP contribution in [0.25, 0.3) is 0 Å². The number of aromatic nitrogens is 4. The Bertz CT molecular complexity index is 909. The zero-order valence-electron chi connectivity index (χ0n) is 14.0. The van der Waals surface area contributed by atoms with Gasteiger partial charge in [0.25, 0.3) is 5.95 Å². The van der Waals surface area contributed by atoms with Gasteiger partial charge in [-0.15, -0.1) is 10.2 Å². The van der Waals surface area contributed by atoms with Crippen LogP contribution in [0.1, 0.15) is 22.8 Å². The van der Waals surface area contributed by atoms with Gasteiger partial charge in [0.15, 0.2) is 5.78 Å². The molecule has 0 aliphatic rings. The Kier molecular flexibility index (Phi) is 5.59. The van der Waals surface area contributed by atoms with Crippen LogP contribution in [0, 0.1) is 0 Å². The highest BCUT2D eigenvalue weighted by Crippen LogP contribution is 2.18. The number of Topliss-reactive ketones (excluding diaryl/α,β-unsaturated/α-hetero) is 1. The van der Waals surface area contributed by atoms with E-state index in [-0.39, 0.29) is 17.5 Å². The molecule has 3 aromatic rings. The van der Waals surface area contributed by atoms with E-state index < -0.39 is 0 Å². The van der Waals surface area contributed by atoms with Gasteiger partial charge in [-0.05, 0) is 19.1 Å². The molecule has 0 amide bonds. The summed E-state index contributed by atoms with van der Waals surface area (Å²) in [6, 6.07) is 12.8. The predicted octanol–water partition coefficient (Wildman–Crippen LogP) is 2.20. The van der Waals surface area contributed by atoms with E-state index in [1.165, 1.54) is 16.4 Å². The van der Waals surface area contributed by atoms with Gasteiger partial charge in [-0.1, -0.05) is 42.1 Å². The smallest absolute Gasteiger partial charge is 0.264 e. The van der Waals surface area contributed by atoms with Crippen molar-refractivity contribution in [3.05, 3.63) is 66.0 Å². The standard InChI is InChI=1S/C17H17N7OS/c1-12(13-7-9-19-10-8-13)20-21-16-22-23-17(24(16)18)26-11-15(25)14-5-3-2-4-6-14/h2-10H,11,18H2,1H3,(H,21,22)/b20-12+. The first-order valence-corrected chi connectivity index (χ1v) is 8.76. The second-order valence-corrected chi connectivity index (χ2v) is 6.24. The lowest BCUT2D eigenvalue weighted by Crippen LogP contribution is -2.14. The zero-order valence-corrected chi connectivity index (χ0v) is 14.8. The van der Waals surface area contributed by atoms with E-state index in [0.717, 1.165) is 11.3 Å². The Balaban J connectivity index is 1.62. The van der Waals surface area contributed by atoms with Crippen LogP contribution in [0.5, 0.6) is 0 Å². The van der Waals surface area contributed by atoms with Crippen LogP contribution in [0.4, 0.5) is 5.95 Å². The van der Waals surface area contributed by atoms with Crippen molar-refractivity contribution in [3.63, 3.8) is 0 Å². The van der Waals surface area contributed by atoms with Crippen molar-refractivity contribution < 1.29 is 4.79 Å². The van der Waals surface area contributed by atoms with E-state index in [0.29, 0.717) is 10.7 Å².